The number of hydrogen-bond acceptors (Lipinski definition) is 1. The van der Waals surface area contributed by atoms with E-state index in [2.05, 4.69) is 59.3 Å². The number of hydrogen-bond donors (Lipinski definition) is 0. The molecule has 0 bridgehead atoms. The predicted octanol–water partition coefficient (Wildman–Crippen LogP) is 4.49. The molecule has 0 amide bonds. The Hall–Kier alpha value is -1.28. The lowest BCUT2D eigenvalue weighted by atomic mass is 10.0. The zero-order valence-electron chi connectivity index (χ0n) is 9.98. The van der Waals surface area contributed by atoms with Gasteiger partial charge >= 0.3 is 0 Å². The Balaban J connectivity index is 2.37. The maximum atomic E-state index is 5.30. The van der Waals surface area contributed by atoms with Crippen molar-refractivity contribution >= 4 is 15.9 Å². The van der Waals surface area contributed by atoms with E-state index in [0.717, 1.165) is 5.75 Å². The van der Waals surface area contributed by atoms with Gasteiger partial charge in [0.25, 0.3) is 0 Å². The molecule has 0 fully saturated rings. The van der Waals surface area contributed by atoms with Crippen LogP contribution >= 0.6 is 15.9 Å². The van der Waals surface area contributed by atoms with Crippen molar-refractivity contribution in [1.29, 1.82) is 0 Å². The molecule has 0 N–H and O–H groups in total. The molecular weight excluding hydrogens is 276 g/mol. The van der Waals surface area contributed by atoms with E-state index >= 15 is 0 Å². The van der Waals surface area contributed by atoms with Gasteiger partial charge in [-0.05, 0) is 35.7 Å². The molecule has 1 nitrogen and oxygen atoms in total. The molecule has 0 spiro atoms. The Morgan fingerprint density at radius 3 is 2.35 bits per heavy atom. The lowest BCUT2D eigenvalue weighted by Crippen LogP contribution is -1.94. The second kappa shape index (κ2) is 5.37. The Kier molecular flexibility index (Phi) is 3.85. The van der Waals surface area contributed by atoms with Gasteiger partial charge in [-0.2, -0.15) is 0 Å². The number of halogens is 1. The number of aryl methyl sites for hydroxylation is 1. The monoisotopic (exact) mass is 290 g/mol. The van der Waals surface area contributed by atoms with E-state index in [-0.39, 0.29) is 4.83 Å². The number of alkyl halides is 1. The lowest BCUT2D eigenvalue weighted by molar-refractivity contribution is 0.414. The summed E-state index contributed by atoms with van der Waals surface area (Å²) in [6.45, 7) is 2.08. The zero-order valence-corrected chi connectivity index (χ0v) is 11.6. The van der Waals surface area contributed by atoms with Gasteiger partial charge in [0, 0.05) is 0 Å². The van der Waals surface area contributed by atoms with Crippen LogP contribution in [-0.4, -0.2) is 7.11 Å². The molecule has 0 aliphatic carbocycles. The molecule has 1 atom stereocenters. The Bertz CT molecular complexity index is 494. The molecule has 2 rings (SSSR count). The van der Waals surface area contributed by atoms with Crippen LogP contribution in [0.15, 0.2) is 48.5 Å². The molecule has 2 aromatic rings. The van der Waals surface area contributed by atoms with Gasteiger partial charge in [0.05, 0.1) is 11.9 Å². The van der Waals surface area contributed by atoms with E-state index in [4.69, 9.17) is 4.74 Å². The average Bonchev–Trinajstić information content (AvgIpc) is 2.38. The van der Waals surface area contributed by atoms with Crippen molar-refractivity contribution in [3.8, 4) is 5.75 Å². The van der Waals surface area contributed by atoms with Crippen LogP contribution in [0.1, 0.15) is 21.5 Å². The summed E-state index contributed by atoms with van der Waals surface area (Å²) in [6.07, 6.45) is 0. The number of ether oxygens (including phenoxy) is 1. The minimum absolute atomic E-state index is 0.206. The van der Waals surface area contributed by atoms with E-state index in [1.165, 1.54) is 16.7 Å². The van der Waals surface area contributed by atoms with Gasteiger partial charge in [0.15, 0.2) is 0 Å². The van der Waals surface area contributed by atoms with Crippen molar-refractivity contribution in [2.24, 2.45) is 0 Å². The van der Waals surface area contributed by atoms with Crippen molar-refractivity contribution in [3.63, 3.8) is 0 Å². The molecule has 88 valence electrons. The van der Waals surface area contributed by atoms with Crippen molar-refractivity contribution in [3.05, 3.63) is 65.2 Å². The van der Waals surface area contributed by atoms with E-state index in [0.29, 0.717) is 0 Å². The highest BCUT2D eigenvalue weighted by molar-refractivity contribution is 9.09. The zero-order chi connectivity index (χ0) is 12.3. The highest BCUT2D eigenvalue weighted by Gasteiger charge is 2.11. The first kappa shape index (κ1) is 12.2. The molecule has 17 heavy (non-hydrogen) atoms. The van der Waals surface area contributed by atoms with Crippen LogP contribution in [0.25, 0.3) is 0 Å². The Labute approximate surface area is 111 Å². The first-order valence-electron chi connectivity index (χ1n) is 5.55. The number of benzene rings is 2. The fourth-order valence-electron chi connectivity index (χ4n) is 1.86. The summed E-state index contributed by atoms with van der Waals surface area (Å²) in [5, 5.41) is 0. The van der Waals surface area contributed by atoms with Crippen molar-refractivity contribution in [1.82, 2.24) is 0 Å². The summed E-state index contributed by atoms with van der Waals surface area (Å²) in [6, 6.07) is 16.7. The summed E-state index contributed by atoms with van der Waals surface area (Å²) < 4.78 is 5.30. The van der Waals surface area contributed by atoms with Gasteiger partial charge in [-0.3, -0.25) is 0 Å². The van der Waals surface area contributed by atoms with Gasteiger partial charge in [0.1, 0.15) is 5.75 Å². The van der Waals surface area contributed by atoms with Crippen LogP contribution in [0.5, 0.6) is 5.75 Å². The van der Waals surface area contributed by atoms with Gasteiger partial charge in [0.2, 0.25) is 0 Å². The summed E-state index contributed by atoms with van der Waals surface area (Å²) in [5.74, 6) is 0.903. The summed E-state index contributed by atoms with van der Waals surface area (Å²) in [7, 11) is 1.70. The largest absolute Gasteiger partial charge is 0.497 e. The van der Waals surface area contributed by atoms with Crippen molar-refractivity contribution in [2.75, 3.05) is 7.11 Å². The molecule has 0 aliphatic rings. The molecule has 0 heterocycles. The van der Waals surface area contributed by atoms with Crippen LogP contribution in [0.2, 0.25) is 0 Å². The Morgan fingerprint density at radius 2 is 1.71 bits per heavy atom. The van der Waals surface area contributed by atoms with Gasteiger partial charge in [-0.15, -0.1) is 0 Å². The number of methoxy groups -OCH3 is 1. The first-order chi connectivity index (χ1) is 8.20. The maximum absolute atomic E-state index is 5.30. The molecular formula is C15H15BrO. The second-order valence-corrected chi connectivity index (χ2v) is 4.97. The standard InChI is InChI=1S/C15H15BrO/c1-11-8-13(10-14(9-11)17-2)15(16)12-6-4-3-5-7-12/h3-10,15H,1-2H3. The van der Waals surface area contributed by atoms with Gasteiger partial charge < -0.3 is 4.74 Å². The quantitative estimate of drug-likeness (QED) is 0.757. The first-order valence-corrected chi connectivity index (χ1v) is 6.47. The molecule has 0 saturated carbocycles. The van der Waals surface area contributed by atoms with E-state index in [1.54, 1.807) is 7.11 Å². The van der Waals surface area contributed by atoms with E-state index in [9.17, 15) is 0 Å². The molecule has 1 unspecified atom stereocenters. The fourth-order valence-corrected chi connectivity index (χ4v) is 2.42. The van der Waals surface area contributed by atoms with E-state index in [1.807, 2.05) is 12.1 Å². The number of rotatable bonds is 3. The second-order valence-electron chi connectivity index (χ2n) is 4.06. The van der Waals surface area contributed by atoms with E-state index < -0.39 is 0 Å². The fraction of sp³-hybridized carbons (Fsp3) is 0.200. The maximum Gasteiger partial charge on any atom is 0.119 e. The summed E-state index contributed by atoms with van der Waals surface area (Å²) >= 11 is 3.74. The molecule has 0 aliphatic heterocycles. The summed E-state index contributed by atoms with van der Waals surface area (Å²) in [4.78, 5) is 0.206. The normalized spacial score (nSPS) is 12.2. The van der Waals surface area contributed by atoms with Crippen LogP contribution < -0.4 is 4.74 Å². The Morgan fingerprint density at radius 1 is 1.00 bits per heavy atom. The average molecular weight is 291 g/mol. The van der Waals surface area contributed by atoms with Crippen molar-refractivity contribution < 1.29 is 4.74 Å². The van der Waals surface area contributed by atoms with Crippen LogP contribution in [-0.2, 0) is 0 Å². The molecule has 0 saturated heterocycles. The van der Waals surface area contributed by atoms with Gasteiger partial charge in [-0.1, -0.05) is 52.3 Å². The summed E-state index contributed by atoms with van der Waals surface area (Å²) in [5.41, 5.74) is 3.67. The third kappa shape index (κ3) is 2.89. The highest BCUT2D eigenvalue weighted by atomic mass is 79.9. The SMILES string of the molecule is COc1cc(C)cc(C(Br)c2ccccc2)c1. The van der Waals surface area contributed by atoms with Crippen molar-refractivity contribution in [2.45, 2.75) is 11.8 Å². The van der Waals surface area contributed by atoms with Crippen LogP contribution in [0.3, 0.4) is 0 Å². The van der Waals surface area contributed by atoms with Crippen LogP contribution in [0.4, 0.5) is 0 Å². The topological polar surface area (TPSA) is 9.23 Å². The highest BCUT2D eigenvalue weighted by Crippen LogP contribution is 2.33. The lowest BCUT2D eigenvalue weighted by Gasteiger charge is -2.13. The molecule has 0 radical (unpaired) electrons. The third-order valence-electron chi connectivity index (χ3n) is 2.69. The predicted molar refractivity (Wildman–Crippen MR) is 74.9 cm³/mol. The molecule has 0 aromatic heterocycles. The molecule has 2 aromatic carbocycles. The minimum Gasteiger partial charge on any atom is -0.497 e. The van der Waals surface area contributed by atoms with Crippen LogP contribution in [0, 0.1) is 6.92 Å². The minimum atomic E-state index is 0.206. The molecule has 2 heteroatoms. The van der Waals surface area contributed by atoms with Gasteiger partial charge in [-0.25, -0.2) is 0 Å². The smallest absolute Gasteiger partial charge is 0.119 e. The third-order valence-corrected chi connectivity index (χ3v) is 3.75.